The van der Waals surface area contributed by atoms with Crippen LogP contribution in [0.1, 0.15) is 24.0 Å². The van der Waals surface area contributed by atoms with E-state index >= 15 is 0 Å². The number of nitrogens with zero attached hydrogens (tertiary/aromatic N) is 2. The number of hydrogen-bond donors (Lipinski definition) is 0. The van der Waals surface area contributed by atoms with Crippen molar-refractivity contribution in [3.63, 3.8) is 0 Å². The molecule has 0 atom stereocenters. The monoisotopic (exact) mass is 356 g/mol. The number of imide groups is 1. The standard InChI is InChI=1S/C18H16N2O4S/c21-16-8-9-17(22)20(16)24-18(23)11-13-4-6-14(7-5-13)12-25-15-3-1-2-10-19-15/h1-7,10H,8-9,11-12H2. The Hall–Kier alpha value is -2.67. The third kappa shape index (κ3) is 4.67. The van der Waals surface area contributed by atoms with E-state index in [4.69, 9.17) is 4.84 Å². The summed E-state index contributed by atoms with van der Waals surface area (Å²) >= 11 is 1.63. The molecule has 0 aliphatic carbocycles. The van der Waals surface area contributed by atoms with Gasteiger partial charge in [-0.2, -0.15) is 0 Å². The fourth-order valence-electron chi connectivity index (χ4n) is 2.30. The van der Waals surface area contributed by atoms with Crippen molar-refractivity contribution in [1.82, 2.24) is 10.0 Å². The Bertz CT molecular complexity index is 761. The molecule has 2 aromatic rings. The summed E-state index contributed by atoms with van der Waals surface area (Å²) in [4.78, 5) is 43.8. The molecule has 3 rings (SSSR count). The number of hydroxylamine groups is 2. The van der Waals surface area contributed by atoms with E-state index in [1.54, 1.807) is 18.0 Å². The molecule has 7 heteroatoms. The van der Waals surface area contributed by atoms with Crippen molar-refractivity contribution in [2.24, 2.45) is 0 Å². The summed E-state index contributed by atoms with van der Waals surface area (Å²) in [6.45, 7) is 0. The Morgan fingerprint density at radius 1 is 1.04 bits per heavy atom. The van der Waals surface area contributed by atoms with Gasteiger partial charge in [0.05, 0.1) is 11.4 Å². The Balaban J connectivity index is 1.51. The van der Waals surface area contributed by atoms with Gasteiger partial charge < -0.3 is 4.84 Å². The molecule has 25 heavy (non-hydrogen) atoms. The van der Waals surface area contributed by atoms with E-state index < -0.39 is 17.8 Å². The first-order valence-electron chi connectivity index (χ1n) is 7.80. The normalized spacial score (nSPS) is 14.0. The minimum Gasteiger partial charge on any atom is -0.330 e. The average Bonchev–Trinajstić information content (AvgIpc) is 2.94. The van der Waals surface area contributed by atoms with Crippen molar-refractivity contribution < 1.29 is 19.2 Å². The molecule has 0 unspecified atom stereocenters. The van der Waals surface area contributed by atoms with Crippen LogP contribution < -0.4 is 0 Å². The van der Waals surface area contributed by atoms with Crippen molar-refractivity contribution in [1.29, 1.82) is 0 Å². The van der Waals surface area contributed by atoms with E-state index in [-0.39, 0.29) is 19.3 Å². The predicted octanol–water partition coefficient (Wildman–Crippen LogP) is 2.52. The van der Waals surface area contributed by atoms with Crippen LogP contribution in [0.5, 0.6) is 0 Å². The molecule has 0 saturated carbocycles. The summed E-state index contributed by atoms with van der Waals surface area (Å²) < 4.78 is 0. The van der Waals surface area contributed by atoms with E-state index in [9.17, 15) is 14.4 Å². The average molecular weight is 356 g/mol. The molecule has 1 aromatic carbocycles. The molecular weight excluding hydrogens is 340 g/mol. The molecule has 2 amide bonds. The van der Waals surface area contributed by atoms with Gasteiger partial charge in [0.2, 0.25) is 0 Å². The maximum Gasteiger partial charge on any atom is 0.337 e. The lowest BCUT2D eigenvalue weighted by molar-refractivity contribution is -0.197. The molecule has 0 N–H and O–H groups in total. The molecular formula is C18H16N2O4S. The summed E-state index contributed by atoms with van der Waals surface area (Å²) in [5, 5.41) is 1.52. The Morgan fingerprint density at radius 3 is 2.36 bits per heavy atom. The van der Waals surface area contributed by atoms with E-state index in [1.165, 1.54) is 0 Å². The number of benzene rings is 1. The molecule has 1 aliphatic heterocycles. The first kappa shape index (κ1) is 17.2. The van der Waals surface area contributed by atoms with Crippen molar-refractivity contribution >= 4 is 29.5 Å². The molecule has 0 radical (unpaired) electrons. The highest BCUT2D eigenvalue weighted by molar-refractivity contribution is 7.98. The Kier molecular flexibility index (Phi) is 5.45. The topological polar surface area (TPSA) is 76.6 Å². The number of pyridine rings is 1. The zero-order valence-electron chi connectivity index (χ0n) is 13.4. The summed E-state index contributed by atoms with van der Waals surface area (Å²) in [5.41, 5.74) is 1.87. The van der Waals surface area contributed by atoms with E-state index in [0.29, 0.717) is 5.06 Å². The van der Waals surface area contributed by atoms with Gasteiger partial charge >= 0.3 is 5.97 Å². The molecule has 128 valence electrons. The number of aromatic nitrogens is 1. The number of carbonyl (C=O) groups is 3. The number of thioether (sulfide) groups is 1. The number of rotatable bonds is 6. The van der Waals surface area contributed by atoms with Crippen molar-refractivity contribution in [3.8, 4) is 0 Å². The molecule has 0 bridgehead atoms. The van der Waals surface area contributed by atoms with Crippen LogP contribution in [0.15, 0.2) is 53.7 Å². The summed E-state index contributed by atoms with van der Waals surface area (Å²) in [5.74, 6) is -0.793. The zero-order chi connectivity index (χ0) is 17.6. The third-order valence-corrected chi connectivity index (χ3v) is 4.61. The minimum absolute atomic E-state index is 0.00469. The Labute approximate surface area is 149 Å². The van der Waals surface area contributed by atoms with E-state index in [2.05, 4.69) is 4.98 Å². The van der Waals surface area contributed by atoms with Crippen LogP contribution in [0.2, 0.25) is 0 Å². The van der Waals surface area contributed by atoms with Crippen LogP contribution >= 0.6 is 11.8 Å². The van der Waals surface area contributed by atoms with Crippen LogP contribution in [0, 0.1) is 0 Å². The first-order valence-corrected chi connectivity index (χ1v) is 8.78. The predicted molar refractivity (Wildman–Crippen MR) is 91.1 cm³/mol. The molecule has 1 saturated heterocycles. The van der Waals surface area contributed by atoms with Gasteiger partial charge in [0, 0.05) is 24.8 Å². The van der Waals surface area contributed by atoms with Gasteiger partial charge in [-0.05, 0) is 23.3 Å². The lowest BCUT2D eigenvalue weighted by Gasteiger charge is -2.12. The summed E-state index contributed by atoms with van der Waals surface area (Å²) in [7, 11) is 0. The number of hydrogen-bond acceptors (Lipinski definition) is 6. The summed E-state index contributed by atoms with van der Waals surface area (Å²) in [6.07, 6.45) is 1.95. The van der Waals surface area contributed by atoms with Crippen LogP contribution in [0.4, 0.5) is 0 Å². The van der Waals surface area contributed by atoms with Crippen molar-refractivity contribution in [3.05, 3.63) is 59.8 Å². The maximum atomic E-state index is 11.9. The Morgan fingerprint density at radius 2 is 1.72 bits per heavy atom. The second kappa shape index (κ2) is 7.94. The quantitative estimate of drug-likeness (QED) is 0.585. The zero-order valence-corrected chi connectivity index (χ0v) is 14.2. The fraction of sp³-hybridized carbons (Fsp3) is 0.222. The van der Waals surface area contributed by atoms with Gasteiger partial charge in [-0.1, -0.05) is 30.3 Å². The molecule has 1 aromatic heterocycles. The van der Waals surface area contributed by atoms with Gasteiger partial charge in [0.15, 0.2) is 0 Å². The van der Waals surface area contributed by atoms with Gasteiger partial charge in [-0.15, -0.1) is 16.8 Å². The fourth-order valence-corrected chi connectivity index (χ4v) is 3.12. The molecule has 2 heterocycles. The van der Waals surface area contributed by atoms with Gasteiger partial charge in [-0.3, -0.25) is 9.59 Å². The molecule has 6 nitrogen and oxygen atoms in total. The highest BCUT2D eigenvalue weighted by Gasteiger charge is 2.32. The highest BCUT2D eigenvalue weighted by atomic mass is 32.2. The van der Waals surface area contributed by atoms with Gasteiger partial charge in [0.1, 0.15) is 0 Å². The number of amides is 2. The van der Waals surface area contributed by atoms with Crippen molar-refractivity contribution in [2.45, 2.75) is 30.0 Å². The van der Waals surface area contributed by atoms with E-state index in [0.717, 1.165) is 21.9 Å². The third-order valence-electron chi connectivity index (χ3n) is 3.59. The van der Waals surface area contributed by atoms with Crippen LogP contribution in [0.3, 0.4) is 0 Å². The lowest BCUT2D eigenvalue weighted by Crippen LogP contribution is -2.32. The maximum absolute atomic E-state index is 11.9. The highest BCUT2D eigenvalue weighted by Crippen LogP contribution is 2.20. The smallest absolute Gasteiger partial charge is 0.330 e. The minimum atomic E-state index is -0.626. The molecule has 1 fully saturated rings. The van der Waals surface area contributed by atoms with Crippen LogP contribution in [-0.4, -0.2) is 27.8 Å². The first-order chi connectivity index (χ1) is 12.1. The molecule has 1 aliphatic rings. The molecule has 0 spiro atoms. The van der Waals surface area contributed by atoms with Crippen LogP contribution in [0.25, 0.3) is 0 Å². The lowest BCUT2D eigenvalue weighted by atomic mass is 10.1. The second-order valence-electron chi connectivity index (χ2n) is 5.50. The van der Waals surface area contributed by atoms with Crippen molar-refractivity contribution in [2.75, 3.05) is 0 Å². The van der Waals surface area contributed by atoms with Gasteiger partial charge in [-0.25, -0.2) is 9.78 Å². The SMILES string of the molecule is O=C(Cc1ccc(CSc2ccccn2)cc1)ON1C(=O)CCC1=O. The van der Waals surface area contributed by atoms with E-state index in [1.807, 2.05) is 42.5 Å². The largest absolute Gasteiger partial charge is 0.337 e. The van der Waals surface area contributed by atoms with Crippen LogP contribution in [-0.2, 0) is 31.4 Å². The van der Waals surface area contributed by atoms with Gasteiger partial charge in [0.25, 0.3) is 11.8 Å². The number of carbonyl (C=O) groups excluding carboxylic acids is 3. The second-order valence-corrected chi connectivity index (χ2v) is 6.49. The summed E-state index contributed by atoms with van der Waals surface area (Å²) in [6, 6.07) is 13.3.